The Morgan fingerprint density at radius 2 is 2.21 bits per heavy atom. The van der Waals surface area contributed by atoms with E-state index >= 15 is 0 Å². The van der Waals surface area contributed by atoms with Crippen LogP contribution in [0.1, 0.15) is 23.6 Å². The molecule has 3 N–H and O–H groups in total. The number of nitrogens with one attached hydrogen (secondary N) is 1. The lowest BCUT2D eigenvalue weighted by Gasteiger charge is -2.26. The number of nitrogen functional groups attached to an aromatic ring is 1. The van der Waals surface area contributed by atoms with Gasteiger partial charge in [0, 0.05) is 13.1 Å². The molecule has 0 radical (unpaired) electrons. The van der Waals surface area contributed by atoms with Crippen LogP contribution in [0.4, 0.5) is 11.8 Å². The van der Waals surface area contributed by atoms with Crippen LogP contribution in [0.15, 0.2) is 35.1 Å². The van der Waals surface area contributed by atoms with Crippen LogP contribution in [0, 0.1) is 0 Å². The van der Waals surface area contributed by atoms with E-state index in [1.54, 1.807) is 0 Å². The number of H-pyrrole nitrogens is 1. The number of fused-ring (bicyclic) bond motifs is 1. The Hall–Kier alpha value is -2.30. The molecule has 5 heteroatoms. The molecular weight excluding hydrogens is 240 g/mol. The Balaban J connectivity index is 1.97. The van der Waals surface area contributed by atoms with Gasteiger partial charge < -0.3 is 10.6 Å². The minimum Gasteiger partial charge on any atom is -0.369 e. The fourth-order valence-electron chi connectivity index (χ4n) is 2.74. The van der Waals surface area contributed by atoms with Gasteiger partial charge in [0.25, 0.3) is 5.56 Å². The van der Waals surface area contributed by atoms with Crippen molar-refractivity contribution in [3.63, 3.8) is 0 Å². The summed E-state index contributed by atoms with van der Waals surface area (Å²) in [6.45, 7) is 0. The van der Waals surface area contributed by atoms with Crippen LogP contribution in [0.2, 0.25) is 0 Å². The molecule has 1 aromatic heterocycles. The van der Waals surface area contributed by atoms with Crippen molar-refractivity contribution in [1.82, 2.24) is 9.97 Å². The van der Waals surface area contributed by atoms with Crippen molar-refractivity contribution >= 4 is 11.8 Å². The number of benzene rings is 1. The molecule has 0 saturated heterocycles. The number of aromatic nitrogens is 2. The summed E-state index contributed by atoms with van der Waals surface area (Å²) in [7, 11) is 1.95. The zero-order valence-electron chi connectivity index (χ0n) is 10.8. The van der Waals surface area contributed by atoms with Gasteiger partial charge in [-0.15, -0.1) is 0 Å². The standard InChI is InChI=1S/C14H16N4O/c1-18(12-8-13(19)17-14(15)16-12)11-7-6-9-4-2-3-5-10(9)11/h2-5,8,11H,6-7H2,1H3,(H3,15,16,17,19). The number of rotatable bonds is 2. The van der Waals surface area contributed by atoms with Gasteiger partial charge >= 0.3 is 0 Å². The Labute approximate surface area is 111 Å². The minimum absolute atomic E-state index is 0.153. The predicted octanol–water partition coefficient (Wildman–Crippen LogP) is 1.48. The molecule has 1 aliphatic carbocycles. The van der Waals surface area contributed by atoms with Crippen LogP contribution in [0.5, 0.6) is 0 Å². The Morgan fingerprint density at radius 1 is 1.42 bits per heavy atom. The van der Waals surface area contributed by atoms with Crippen molar-refractivity contribution in [2.24, 2.45) is 0 Å². The van der Waals surface area contributed by atoms with Gasteiger partial charge in [-0.3, -0.25) is 9.78 Å². The zero-order valence-corrected chi connectivity index (χ0v) is 10.8. The smallest absolute Gasteiger partial charge is 0.254 e. The van der Waals surface area contributed by atoms with Crippen molar-refractivity contribution in [2.45, 2.75) is 18.9 Å². The van der Waals surface area contributed by atoms with E-state index in [-0.39, 0.29) is 17.5 Å². The quantitative estimate of drug-likeness (QED) is 0.853. The number of nitrogens with zero attached hydrogens (tertiary/aromatic N) is 2. The van der Waals surface area contributed by atoms with Crippen molar-refractivity contribution in [1.29, 1.82) is 0 Å². The van der Waals surface area contributed by atoms with Gasteiger partial charge in [0.1, 0.15) is 5.82 Å². The number of nitrogens with two attached hydrogens (primary N) is 1. The van der Waals surface area contributed by atoms with Gasteiger partial charge in [0.05, 0.1) is 6.04 Å². The lowest BCUT2D eigenvalue weighted by molar-refractivity contribution is 0.654. The number of anilines is 2. The van der Waals surface area contributed by atoms with Crippen LogP contribution in [0.3, 0.4) is 0 Å². The summed E-state index contributed by atoms with van der Waals surface area (Å²) in [5.41, 5.74) is 8.06. The average molecular weight is 256 g/mol. The number of aryl methyl sites for hydroxylation is 1. The maximum absolute atomic E-state index is 11.5. The Bertz CT molecular complexity index is 664. The lowest BCUT2D eigenvalue weighted by Crippen LogP contribution is -2.25. The van der Waals surface area contributed by atoms with E-state index in [4.69, 9.17) is 5.73 Å². The molecule has 1 aliphatic rings. The van der Waals surface area contributed by atoms with E-state index in [0.29, 0.717) is 5.82 Å². The first-order chi connectivity index (χ1) is 9.15. The molecule has 98 valence electrons. The van der Waals surface area contributed by atoms with Crippen molar-refractivity contribution in [3.05, 3.63) is 51.8 Å². The largest absolute Gasteiger partial charge is 0.369 e. The molecule has 0 saturated carbocycles. The molecule has 3 rings (SSSR count). The summed E-state index contributed by atoms with van der Waals surface area (Å²) < 4.78 is 0. The van der Waals surface area contributed by atoms with Crippen LogP contribution in [0.25, 0.3) is 0 Å². The second-order valence-corrected chi connectivity index (χ2v) is 4.85. The second kappa shape index (κ2) is 4.42. The minimum atomic E-state index is -0.222. The van der Waals surface area contributed by atoms with E-state index in [2.05, 4.69) is 28.2 Å². The van der Waals surface area contributed by atoms with Crippen molar-refractivity contribution < 1.29 is 0 Å². The van der Waals surface area contributed by atoms with Crippen LogP contribution >= 0.6 is 0 Å². The molecule has 0 spiro atoms. The third-order valence-electron chi connectivity index (χ3n) is 3.68. The third-order valence-corrected chi connectivity index (χ3v) is 3.68. The van der Waals surface area contributed by atoms with Crippen molar-refractivity contribution in [2.75, 3.05) is 17.7 Å². The monoisotopic (exact) mass is 256 g/mol. The maximum Gasteiger partial charge on any atom is 0.254 e. The fourth-order valence-corrected chi connectivity index (χ4v) is 2.74. The van der Waals surface area contributed by atoms with Gasteiger partial charge in [-0.1, -0.05) is 24.3 Å². The van der Waals surface area contributed by atoms with E-state index in [0.717, 1.165) is 12.8 Å². The first-order valence-electron chi connectivity index (χ1n) is 6.32. The molecule has 0 amide bonds. The third kappa shape index (κ3) is 2.07. The summed E-state index contributed by atoms with van der Waals surface area (Å²) in [6.07, 6.45) is 2.09. The van der Waals surface area contributed by atoms with Crippen molar-refractivity contribution in [3.8, 4) is 0 Å². The molecule has 2 aromatic rings. The summed E-state index contributed by atoms with van der Waals surface area (Å²) in [5, 5.41) is 0. The van der Waals surface area contributed by atoms with E-state index in [1.165, 1.54) is 17.2 Å². The zero-order chi connectivity index (χ0) is 13.4. The van der Waals surface area contributed by atoms with E-state index in [1.807, 2.05) is 18.0 Å². The van der Waals surface area contributed by atoms with Crippen LogP contribution in [-0.4, -0.2) is 17.0 Å². The topological polar surface area (TPSA) is 75.0 Å². The molecule has 0 bridgehead atoms. The molecule has 0 aliphatic heterocycles. The summed E-state index contributed by atoms with van der Waals surface area (Å²) >= 11 is 0. The first-order valence-corrected chi connectivity index (χ1v) is 6.32. The van der Waals surface area contributed by atoms with Gasteiger partial charge in [-0.2, -0.15) is 4.98 Å². The molecule has 1 heterocycles. The number of aromatic amines is 1. The lowest BCUT2D eigenvalue weighted by atomic mass is 10.1. The molecule has 19 heavy (non-hydrogen) atoms. The summed E-state index contributed by atoms with van der Waals surface area (Å²) in [5.74, 6) is 0.767. The maximum atomic E-state index is 11.5. The van der Waals surface area contributed by atoms with Gasteiger partial charge in [-0.25, -0.2) is 0 Å². The van der Waals surface area contributed by atoms with E-state index < -0.39 is 0 Å². The van der Waals surface area contributed by atoms with Gasteiger partial charge in [0.15, 0.2) is 0 Å². The van der Waals surface area contributed by atoms with E-state index in [9.17, 15) is 4.79 Å². The van der Waals surface area contributed by atoms with Gasteiger partial charge in [-0.05, 0) is 24.0 Å². The van der Waals surface area contributed by atoms with Gasteiger partial charge in [0.2, 0.25) is 5.95 Å². The normalized spacial score (nSPS) is 17.2. The highest BCUT2D eigenvalue weighted by Gasteiger charge is 2.26. The number of hydrogen-bond donors (Lipinski definition) is 2. The highest BCUT2D eigenvalue weighted by molar-refractivity contribution is 5.46. The average Bonchev–Trinajstić information content (AvgIpc) is 2.80. The van der Waals surface area contributed by atoms with Crippen LogP contribution < -0.4 is 16.2 Å². The number of hydrogen-bond acceptors (Lipinski definition) is 4. The molecular formula is C14H16N4O. The van der Waals surface area contributed by atoms with Crippen LogP contribution in [-0.2, 0) is 6.42 Å². The summed E-state index contributed by atoms with van der Waals surface area (Å²) in [4.78, 5) is 20.2. The fraction of sp³-hybridized carbons (Fsp3) is 0.286. The summed E-state index contributed by atoms with van der Waals surface area (Å²) in [6, 6.07) is 10.1. The predicted molar refractivity (Wildman–Crippen MR) is 75.2 cm³/mol. The molecule has 1 atom stereocenters. The highest BCUT2D eigenvalue weighted by atomic mass is 16.1. The SMILES string of the molecule is CN(c1cc(=O)[nH]c(N)n1)C1CCc2ccccc21. The highest BCUT2D eigenvalue weighted by Crippen LogP contribution is 2.36. The second-order valence-electron chi connectivity index (χ2n) is 4.85. The molecule has 5 nitrogen and oxygen atoms in total. The molecule has 1 unspecified atom stereocenters. The Kier molecular flexibility index (Phi) is 2.74. The molecule has 0 fully saturated rings. The Morgan fingerprint density at radius 3 is 3.00 bits per heavy atom. The first kappa shape index (κ1) is 11.8. The molecule has 1 aromatic carbocycles.